The Morgan fingerprint density at radius 2 is 1.79 bits per heavy atom. The second kappa shape index (κ2) is 6.26. The fourth-order valence-corrected chi connectivity index (χ4v) is 3.59. The van der Waals surface area contributed by atoms with Gasteiger partial charge in [0.2, 0.25) is 5.95 Å². The summed E-state index contributed by atoms with van der Waals surface area (Å²) in [6, 6.07) is 6.69. The van der Waals surface area contributed by atoms with Crippen molar-refractivity contribution in [3.05, 3.63) is 51.7 Å². The Hall–Kier alpha value is -2.37. The third-order valence-electron chi connectivity index (χ3n) is 4.93. The molecule has 1 fully saturated rings. The first-order chi connectivity index (χ1) is 11.7. The highest BCUT2D eigenvalue weighted by Gasteiger charge is 2.22. The molecule has 6 heteroatoms. The average molecular weight is 328 g/mol. The van der Waals surface area contributed by atoms with Crippen LogP contribution in [0, 0.1) is 5.82 Å². The van der Waals surface area contributed by atoms with Crippen LogP contribution in [0.15, 0.2) is 29.1 Å². The van der Waals surface area contributed by atoms with Crippen LogP contribution in [0.4, 0.5) is 16.0 Å². The van der Waals surface area contributed by atoms with Crippen LogP contribution in [0.5, 0.6) is 0 Å². The third kappa shape index (κ3) is 2.88. The molecule has 2 aliphatic rings. The van der Waals surface area contributed by atoms with Crippen molar-refractivity contribution in [2.45, 2.75) is 25.7 Å². The number of H-pyrrole nitrogens is 1. The van der Waals surface area contributed by atoms with E-state index in [2.05, 4.69) is 14.8 Å². The number of aromatic amines is 1. The molecule has 0 radical (unpaired) electrons. The predicted octanol–water partition coefficient (Wildman–Crippen LogP) is 2.11. The maximum atomic E-state index is 13.4. The van der Waals surface area contributed by atoms with Crippen molar-refractivity contribution in [3.8, 4) is 0 Å². The van der Waals surface area contributed by atoms with E-state index in [-0.39, 0.29) is 11.4 Å². The van der Waals surface area contributed by atoms with E-state index in [1.165, 1.54) is 6.07 Å². The van der Waals surface area contributed by atoms with Crippen LogP contribution in [-0.2, 0) is 12.8 Å². The van der Waals surface area contributed by atoms with Crippen LogP contribution in [-0.4, -0.2) is 36.1 Å². The highest BCUT2D eigenvalue weighted by atomic mass is 19.1. The second-order valence-electron chi connectivity index (χ2n) is 6.48. The van der Waals surface area contributed by atoms with Crippen molar-refractivity contribution in [2.24, 2.45) is 0 Å². The Kier molecular flexibility index (Phi) is 3.96. The van der Waals surface area contributed by atoms with Crippen LogP contribution in [0.1, 0.15) is 24.1 Å². The number of rotatable bonds is 2. The molecular formula is C18H21FN4O. The number of nitrogens with zero attached hydrogens (tertiary/aromatic N) is 3. The van der Waals surface area contributed by atoms with E-state index < -0.39 is 0 Å². The smallest absolute Gasteiger partial charge is 0.255 e. The van der Waals surface area contributed by atoms with Gasteiger partial charge in [0.25, 0.3) is 5.56 Å². The Balaban J connectivity index is 1.50. The van der Waals surface area contributed by atoms with Gasteiger partial charge in [-0.25, -0.2) is 9.37 Å². The fraction of sp³-hybridized carbons (Fsp3) is 0.444. The minimum absolute atomic E-state index is 0.0160. The largest absolute Gasteiger partial charge is 0.368 e. The maximum Gasteiger partial charge on any atom is 0.255 e. The zero-order chi connectivity index (χ0) is 16.5. The number of anilines is 2. The van der Waals surface area contributed by atoms with E-state index in [4.69, 9.17) is 4.98 Å². The van der Waals surface area contributed by atoms with Gasteiger partial charge in [-0.1, -0.05) is 6.07 Å². The van der Waals surface area contributed by atoms with Gasteiger partial charge in [0, 0.05) is 37.4 Å². The van der Waals surface area contributed by atoms with E-state index in [9.17, 15) is 9.18 Å². The summed E-state index contributed by atoms with van der Waals surface area (Å²) in [5.41, 5.74) is 2.75. The molecule has 0 bridgehead atoms. The first kappa shape index (κ1) is 15.2. The molecule has 1 N–H and O–H groups in total. The van der Waals surface area contributed by atoms with Crippen LogP contribution in [0.3, 0.4) is 0 Å². The molecule has 1 aromatic heterocycles. The van der Waals surface area contributed by atoms with Gasteiger partial charge in [-0.2, -0.15) is 0 Å². The molecule has 4 rings (SSSR count). The molecule has 5 nitrogen and oxygen atoms in total. The van der Waals surface area contributed by atoms with Crippen molar-refractivity contribution >= 4 is 11.6 Å². The van der Waals surface area contributed by atoms with Gasteiger partial charge in [0.15, 0.2) is 0 Å². The lowest BCUT2D eigenvalue weighted by atomic mass is 9.97. The molecule has 0 amide bonds. The monoisotopic (exact) mass is 328 g/mol. The van der Waals surface area contributed by atoms with E-state index >= 15 is 0 Å². The molecule has 1 aliphatic carbocycles. The van der Waals surface area contributed by atoms with E-state index in [0.717, 1.165) is 68.8 Å². The van der Waals surface area contributed by atoms with E-state index in [1.54, 1.807) is 12.1 Å². The molecule has 1 aromatic carbocycles. The summed E-state index contributed by atoms with van der Waals surface area (Å²) in [4.78, 5) is 24.2. The lowest BCUT2D eigenvalue weighted by Crippen LogP contribution is -2.47. The summed E-state index contributed by atoms with van der Waals surface area (Å²) in [5, 5.41) is 0. The summed E-state index contributed by atoms with van der Waals surface area (Å²) in [6.45, 7) is 3.09. The van der Waals surface area contributed by atoms with Crippen molar-refractivity contribution in [1.29, 1.82) is 0 Å². The Bertz CT molecular complexity index is 796. The first-order valence-electron chi connectivity index (χ1n) is 8.58. The SMILES string of the molecule is O=c1[nH]c(N2CCN(c3cccc(F)c3)CC2)nc2c1CCCC2. The van der Waals surface area contributed by atoms with Crippen molar-refractivity contribution < 1.29 is 4.39 Å². The zero-order valence-corrected chi connectivity index (χ0v) is 13.6. The van der Waals surface area contributed by atoms with E-state index in [1.807, 2.05) is 6.07 Å². The zero-order valence-electron chi connectivity index (χ0n) is 13.6. The number of benzene rings is 1. The molecule has 0 unspecified atom stereocenters. The van der Waals surface area contributed by atoms with Gasteiger partial charge >= 0.3 is 0 Å². The molecular weight excluding hydrogens is 307 g/mol. The quantitative estimate of drug-likeness (QED) is 0.917. The van der Waals surface area contributed by atoms with Gasteiger partial charge in [0.05, 0.1) is 5.69 Å². The van der Waals surface area contributed by atoms with Gasteiger partial charge in [-0.05, 0) is 43.9 Å². The van der Waals surface area contributed by atoms with Crippen LogP contribution in [0.25, 0.3) is 0 Å². The molecule has 24 heavy (non-hydrogen) atoms. The molecule has 0 atom stereocenters. The number of fused-ring (bicyclic) bond motifs is 1. The minimum atomic E-state index is -0.212. The van der Waals surface area contributed by atoms with Gasteiger partial charge in [-0.15, -0.1) is 0 Å². The topological polar surface area (TPSA) is 52.2 Å². The molecule has 2 aromatic rings. The lowest BCUT2D eigenvalue weighted by molar-refractivity contribution is 0.611. The number of halogens is 1. The standard InChI is InChI=1S/C18H21FN4O/c19-13-4-3-5-14(12-13)22-8-10-23(11-9-22)18-20-16-7-2-1-6-15(16)17(24)21-18/h3-5,12H,1-2,6-11H2,(H,20,21,24). The normalized spacial score (nSPS) is 17.7. The molecule has 0 spiro atoms. The van der Waals surface area contributed by atoms with Gasteiger partial charge in [0.1, 0.15) is 5.82 Å². The summed E-state index contributed by atoms with van der Waals surface area (Å²) in [5.74, 6) is 0.468. The molecule has 0 saturated carbocycles. The number of hydrogen-bond acceptors (Lipinski definition) is 4. The summed E-state index contributed by atoms with van der Waals surface area (Å²) >= 11 is 0. The lowest BCUT2D eigenvalue weighted by Gasteiger charge is -2.36. The Morgan fingerprint density at radius 3 is 2.58 bits per heavy atom. The molecule has 1 aliphatic heterocycles. The minimum Gasteiger partial charge on any atom is -0.368 e. The highest BCUT2D eigenvalue weighted by Crippen LogP contribution is 2.21. The van der Waals surface area contributed by atoms with Crippen LogP contribution >= 0.6 is 0 Å². The molecule has 2 heterocycles. The van der Waals surface area contributed by atoms with Gasteiger partial charge in [-0.3, -0.25) is 9.78 Å². The highest BCUT2D eigenvalue weighted by molar-refractivity contribution is 5.48. The van der Waals surface area contributed by atoms with E-state index in [0.29, 0.717) is 5.95 Å². The van der Waals surface area contributed by atoms with Crippen molar-refractivity contribution in [3.63, 3.8) is 0 Å². The number of aromatic nitrogens is 2. The number of hydrogen-bond donors (Lipinski definition) is 1. The van der Waals surface area contributed by atoms with Gasteiger partial charge < -0.3 is 9.80 Å². The maximum absolute atomic E-state index is 13.4. The third-order valence-corrected chi connectivity index (χ3v) is 4.93. The average Bonchev–Trinajstić information content (AvgIpc) is 2.62. The number of piperazine rings is 1. The Morgan fingerprint density at radius 1 is 1.04 bits per heavy atom. The number of aryl methyl sites for hydroxylation is 1. The van der Waals surface area contributed by atoms with Crippen LogP contribution in [0.2, 0.25) is 0 Å². The predicted molar refractivity (Wildman–Crippen MR) is 92.3 cm³/mol. The molecule has 1 saturated heterocycles. The summed E-state index contributed by atoms with van der Waals surface area (Å²) in [7, 11) is 0. The Labute approximate surface area is 140 Å². The summed E-state index contributed by atoms with van der Waals surface area (Å²) < 4.78 is 13.4. The van der Waals surface area contributed by atoms with Crippen molar-refractivity contribution in [2.75, 3.05) is 36.0 Å². The summed E-state index contributed by atoms with van der Waals surface area (Å²) in [6.07, 6.45) is 3.92. The second-order valence-corrected chi connectivity index (χ2v) is 6.48. The van der Waals surface area contributed by atoms with Crippen molar-refractivity contribution in [1.82, 2.24) is 9.97 Å². The number of nitrogens with one attached hydrogen (secondary N) is 1. The molecule has 126 valence electrons. The fourth-order valence-electron chi connectivity index (χ4n) is 3.59. The first-order valence-corrected chi connectivity index (χ1v) is 8.58. The van der Waals surface area contributed by atoms with Crippen LogP contribution < -0.4 is 15.4 Å².